The average Bonchev–Trinajstić information content (AvgIpc) is 2.53. The monoisotopic (exact) mass is 504 g/mol. The Balaban J connectivity index is 3.34. The first kappa shape index (κ1) is 26.7. The fourth-order valence-electron chi connectivity index (χ4n) is 2.26. The van der Waals surface area contributed by atoms with Crippen molar-refractivity contribution in [3.8, 4) is 0 Å². The van der Waals surface area contributed by atoms with E-state index in [1.807, 2.05) is 0 Å². The molecule has 29 heavy (non-hydrogen) atoms. The van der Waals surface area contributed by atoms with Gasteiger partial charge in [0.25, 0.3) is 0 Å². The van der Waals surface area contributed by atoms with Gasteiger partial charge in [0.1, 0.15) is 5.78 Å². The predicted molar refractivity (Wildman–Crippen MR) is 90.3 cm³/mol. The van der Waals surface area contributed by atoms with Crippen molar-refractivity contribution in [1.82, 2.24) is 0 Å². The Bertz CT molecular complexity index is 701. The smallest absolute Gasteiger partial charge is 0.299 e. The lowest BCUT2D eigenvalue weighted by molar-refractivity contribution is -0.382. The lowest BCUT2D eigenvalue weighted by Gasteiger charge is -2.42. The van der Waals surface area contributed by atoms with E-state index in [1.54, 1.807) is 6.92 Å². The molecule has 0 aromatic rings. The second kappa shape index (κ2) is 8.65. The van der Waals surface area contributed by atoms with Gasteiger partial charge in [0.2, 0.25) is 0 Å². The summed E-state index contributed by atoms with van der Waals surface area (Å²) in [5.41, 5.74) is 0. The van der Waals surface area contributed by atoms with Crippen LogP contribution in [0.5, 0.6) is 0 Å². The average molecular weight is 504 g/mol. The SMILES string of the molecule is CCCC(=O)CS1(OS(=O)(=O)C(F)(F)C(F)(F)C(F)(F)C(F)(F)F)CCSCC1. The van der Waals surface area contributed by atoms with Gasteiger partial charge in [-0.3, -0.25) is 4.79 Å². The van der Waals surface area contributed by atoms with Crippen LogP contribution in [0, 0.1) is 0 Å². The topological polar surface area (TPSA) is 60.4 Å². The fourth-order valence-corrected chi connectivity index (χ4v) is 10.1. The standard InChI is InChI=1S/C13H17F9O4S3/c1-2-3-9(23)8-28(6-4-27-5-7-28)26-29(24,25)13(21,22)11(16,17)10(14,15)12(18,19)20/h2-8H2,1H3. The molecule has 0 aliphatic carbocycles. The van der Waals surface area contributed by atoms with E-state index in [-0.39, 0.29) is 29.4 Å². The number of alkyl halides is 9. The second-order valence-electron chi connectivity index (χ2n) is 6.11. The van der Waals surface area contributed by atoms with Crippen molar-refractivity contribution in [2.75, 3.05) is 28.8 Å². The van der Waals surface area contributed by atoms with Crippen LogP contribution < -0.4 is 0 Å². The minimum Gasteiger partial charge on any atom is -0.299 e. The lowest BCUT2D eigenvalue weighted by atomic mass is 10.1. The first-order valence-corrected chi connectivity index (χ1v) is 12.5. The number of thioether (sulfide) groups is 1. The molecule has 16 heteroatoms. The highest BCUT2D eigenvalue weighted by molar-refractivity contribution is 8.34. The van der Waals surface area contributed by atoms with Crippen LogP contribution in [0.25, 0.3) is 0 Å². The lowest BCUT2D eigenvalue weighted by Crippen LogP contribution is -2.63. The molecule has 1 fully saturated rings. The molecule has 0 radical (unpaired) electrons. The quantitative estimate of drug-likeness (QED) is 0.430. The third-order valence-corrected chi connectivity index (χ3v) is 10.8. The highest BCUT2D eigenvalue weighted by Gasteiger charge is 2.86. The highest BCUT2D eigenvalue weighted by atomic mass is 32.3. The number of carbonyl (C=O) groups excluding carboxylic acids is 1. The Labute approximate surface area is 166 Å². The zero-order valence-corrected chi connectivity index (χ0v) is 17.2. The van der Waals surface area contributed by atoms with Crippen LogP contribution in [0.2, 0.25) is 0 Å². The van der Waals surface area contributed by atoms with Crippen molar-refractivity contribution in [2.45, 2.75) is 43.0 Å². The summed E-state index contributed by atoms with van der Waals surface area (Å²) < 4.78 is 145. The number of carbonyl (C=O) groups is 1. The maximum atomic E-state index is 13.9. The van der Waals surface area contributed by atoms with Crippen molar-refractivity contribution in [2.24, 2.45) is 0 Å². The Kier molecular flexibility index (Phi) is 7.96. The number of hydrogen-bond donors (Lipinski definition) is 0. The minimum atomic E-state index is -7.36. The highest BCUT2D eigenvalue weighted by Crippen LogP contribution is 2.60. The summed E-state index contributed by atoms with van der Waals surface area (Å²) in [4.78, 5) is 11.9. The van der Waals surface area contributed by atoms with Crippen molar-refractivity contribution < 1.29 is 56.4 Å². The fraction of sp³-hybridized carbons (Fsp3) is 0.923. The third kappa shape index (κ3) is 5.11. The van der Waals surface area contributed by atoms with Crippen LogP contribution in [0.1, 0.15) is 19.8 Å². The number of rotatable bonds is 9. The van der Waals surface area contributed by atoms with E-state index in [9.17, 15) is 52.7 Å². The number of hydrogen-bond acceptors (Lipinski definition) is 5. The van der Waals surface area contributed by atoms with E-state index in [2.05, 4.69) is 3.63 Å². The summed E-state index contributed by atoms with van der Waals surface area (Å²) in [6, 6.07) is 0. The second-order valence-corrected chi connectivity index (χ2v) is 12.3. The van der Waals surface area contributed by atoms with Crippen molar-refractivity contribution in [3.63, 3.8) is 0 Å². The predicted octanol–water partition coefficient (Wildman–Crippen LogP) is 4.59. The molecule has 1 rings (SSSR count). The molecule has 0 spiro atoms. The Morgan fingerprint density at radius 2 is 1.45 bits per heavy atom. The normalized spacial score (nSPS) is 20.3. The first-order valence-electron chi connectivity index (χ1n) is 7.88. The number of Topliss-reactive ketones (excluding diaryl/α,β-unsaturated/α-hetero) is 1. The van der Waals surface area contributed by atoms with Crippen LogP contribution in [0.3, 0.4) is 0 Å². The molecule has 1 heterocycles. The van der Waals surface area contributed by atoms with Gasteiger partial charge in [0.05, 0.1) is 5.75 Å². The summed E-state index contributed by atoms with van der Waals surface area (Å²) in [5, 5.41) is -6.91. The molecule has 0 atom stereocenters. The maximum absolute atomic E-state index is 13.9. The molecule has 0 aromatic carbocycles. The summed E-state index contributed by atoms with van der Waals surface area (Å²) in [7, 11) is -10.3. The molecule has 1 aliphatic heterocycles. The molecule has 4 nitrogen and oxygen atoms in total. The molecular formula is C13H17F9O4S3. The van der Waals surface area contributed by atoms with Gasteiger partial charge in [0.15, 0.2) is 0 Å². The van der Waals surface area contributed by atoms with Gasteiger partial charge < -0.3 is 0 Å². The molecule has 0 amide bonds. The third-order valence-electron chi connectivity index (χ3n) is 3.82. The van der Waals surface area contributed by atoms with Gasteiger partial charge in [-0.15, -0.1) is 10.3 Å². The van der Waals surface area contributed by atoms with Crippen LogP contribution in [-0.4, -0.2) is 66.2 Å². The summed E-state index contributed by atoms with van der Waals surface area (Å²) in [5.74, 6) is -16.4. The molecule has 174 valence electrons. The van der Waals surface area contributed by atoms with Crippen molar-refractivity contribution in [1.29, 1.82) is 0 Å². The van der Waals surface area contributed by atoms with Crippen LogP contribution in [0.4, 0.5) is 39.5 Å². The zero-order chi connectivity index (χ0) is 22.9. The van der Waals surface area contributed by atoms with Gasteiger partial charge in [-0.05, 0) is 6.42 Å². The van der Waals surface area contributed by atoms with Crippen LogP contribution >= 0.6 is 22.1 Å². The molecule has 0 saturated carbocycles. The van der Waals surface area contributed by atoms with E-state index < -0.39 is 55.2 Å². The Morgan fingerprint density at radius 3 is 1.86 bits per heavy atom. The van der Waals surface area contributed by atoms with Crippen LogP contribution in [0.15, 0.2) is 0 Å². The van der Waals surface area contributed by atoms with E-state index in [0.29, 0.717) is 6.42 Å². The van der Waals surface area contributed by atoms with E-state index in [4.69, 9.17) is 0 Å². The first-order chi connectivity index (χ1) is 12.9. The largest absolute Gasteiger partial charge is 0.460 e. The minimum absolute atomic E-state index is 0.102. The molecule has 1 saturated heterocycles. The van der Waals surface area contributed by atoms with Gasteiger partial charge in [-0.2, -0.15) is 59.7 Å². The van der Waals surface area contributed by atoms with Gasteiger partial charge >= 0.3 is 33.4 Å². The van der Waals surface area contributed by atoms with E-state index >= 15 is 0 Å². The van der Waals surface area contributed by atoms with Crippen molar-refractivity contribution >= 4 is 38.0 Å². The van der Waals surface area contributed by atoms with Crippen LogP contribution in [-0.2, 0) is 18.5 Å². The number of ketones is 1. The summed E-state index contributed by atoms with van der Waals surface area (Å²) >= 11 is 1.21. The van der Waals surface area contributed by atoms with Gasteiger partial charge in [0, 0.05) is 29.4 Å². The van der Waals surface area contributed by atoms with Crippen molar-refractivity contribution in [3.05, 3.63) is 0 Å². The summed E-state index contributed by atoms with van der Waals surface area (Å²) in [6.07, 6.45) is -6.97. The maximum Gasteiger partial charge on any atom is 0.460 e. The number of halogens is 9. The Hall–Kier alpha value is -0.350. The molecule has 0 aromatic heterocycles. The van der Waals surface area contributed by atoms with E-state index in [1.165, 1.54) is 11.8 Å². The van der Waals surface area contributed by atoms with Gasteiger partial charge in [-0.25, -0.2) is 3.63 Å². The molecule has 0 N–H and O–H groups in total. The van der Waals surface area contributed by atoms with E-state index in [0.717, 1.165) is 0 Å². The zero-order valence-electron chi connectivity index (χ0n) is 14.7. The summed E-state index contributed by atoms with van der Waals surface area (Å²) in [6.45, 7) is 1.57. The Morgan fingerprint density at radius 1 is 0.966 bits per heavy atom. The molecule has 0 unspecified atom stereocenters. The van der Waals surface area contributed by atoms with Gasteiger partial charge in [-0.1, -0.05) is 6.92 Å². The molecular weight excluding hydrogens is 487 g/mol. The molecule has 1 aliphatic rings. The molecule has 0 bridgehead atoms.